The summed E-state index contributed by atoms with van der Waals surface area (Å²) in [5.74, 6) is 0. The van der Waals surface area contributed by atoms with Crippen molar-refractivity contribution in [2.24, 2.45) is 0 Å². The van der Waals surface area contributed by atoms with E-state index < -0.39 is 15.4 Å². The predicted octanol–water partition coefficient (Wildman–Crippen LogP) is 3.98. The second kappa shape index (κ2) is 7.54. The molecule has 0 spiro atoms. The molecule has 3 nitrogen and oxygen atoms in total. The van der Waals surface area contributed by atoms with Crippen LogP contribution < -0.4 is 0 Å². The highest BCUT2D eigenvalue weighted by Gasteiger charge is 2.24. The molecule has 0 aliphatic heterocycles. The highest BCUT2D eigenvalue weighted by molar-refractivity contribution is 7.86. The molecule has 0 saturated heterocycles. The average molecular weight is 270 g/mol. The van der Waals surface area contributed by atoms with Gasteiger partial charge in [-0.2, -0.15) is 8.42 Å². The maximum atomic E-state index is 11.4. The molecule has 1 aromatic carbocycles. The molecular formula is C14H22O3S. The number of benzene rings is 1. The molecule has 102 valence electrons. The Bertz CT molecular complexity index is 426. The van der Waals surface area contributed by atoms with Gasteiger partial charge in [-0.25, -0.2) is 0 Å². The molecule has 18 heavy (non-hydrogen) atoms. The molecule has 1 aromatic rings. The number of rotatable bonds is 8. The van der Waals surface area contributed by atoms with E-state index in [1.54, 1.807) is 24.3 Å². The van der Waals surface area contributed by atoms with Crippen molar-refractivity contribution in [1.29, 1.82) is 0 Å². The summed E-state index contributed by atoms with van der Waals surface area (Å²) < 4.78 is 32.1. The van der Waals surface area contributed by atoms with Crippen LogP contribution in [0.3, 0.4) is 0 Å². The molecule has 1 atom stereocenters. The quantitative estimate of drug-likeness (QED) is 0.574. The first-order valence-corrected chi connectivity index (χ1v) is 8.07. The van der Waals surface area contributed by atoms with Crippen molar-refractivity contribution < 1.29 is 13.0 Å². The van der Waals surface area contributed by atoms with Crippen molar-refractivity contribution in [3.63, 3.8) is 0 Å². The molecule has 0 heterocycles. The fourth-order valence-corrected chi connectivity index (χ4v) is 3.05. The molecule has 0 aliphatic carbocycles. The van der Waals surface area contributed by atoms with E-state index in [1.165, 1.54) is 12.8 Å². The Kier molecular flexibility index (Phi) is 6.36. The minimum Gasteiger partial charge on any atom is -0.285 e. The van der Waals surface area contributed by atoms with Gasteiger partial charge < -0.3 is 0 Å². The van der Waals surface area contributed by atoms with E-state index in [9.17, 15) is 13.0 Å². The summed E-state index contributed by atoms with van der Waals surface area (Å²) in [7, 11) is -4.01. The van der Waals surface area contributed by atoms with Crippen molar-refractivity contribution in [3.8, 4) is 0 Å². The van der Waals surface area contributed by atoms with E-state index >= 15 is 0 Å². The van der Waals surface area contributed by atoms with E-state index in [-0.39, 0.29) is 0 Å². The van der Waals surface area contributed by atoms with Crippen molar-refractivity contribution in [3.05, 3.63) is 35.9 Å². The fraction of sp³-hybridized carbons (Fsp3) is 0.571. The first kappa shape index (κ1) is 15.2. The lowest BCUT2D eigenvalue weighted by Crippen LogP contribution is -2.12. The number of unbranched alkanes of at least 4 members (excludes halogenated alkanes) is 4. The predicted molar refractivity (Wildman–Crippen MR) is 74.1 cm³/mol. The SMILES string of the molecule is CCCCCCCC(c1ccccc1)S(=O)(=O)O. The molecule has 1 rings (SSSR count). The summed E-state index contributed by atoms with van der Waals surface area (Å²) in [6.45, 7) is 2.14. The Morgan fingerprint density at radius 1 is 1.06 bits per heavy atom. The third kappa shape index (κ3) is 5.19. The highest BCUT2D eigenvalue weighted by atomic mass is 32.2. The minimum absolute atomic E-state index is 0.493. The van der Waals surface area contributed by atoms with Gasteiger partial charge in [-0.3, -0.25) is 4.55 Å². The van der Waals surface area contributed by atoms with Crippen LogP contribution in [0, 0.1) is 0 Å². The first-order valence-electron chi connectivity index (χ1n) is 6.57. The summed E-state index contributed by atoms with van der Waals surface area (Å²) in [5, 5.41) is -0.777. The van der Waals surface area contributed by atoms with Gasteiger partial charge in [0.2, 0.25) is 0 Å². The van der Waals surface area contributed by atoms with Crippen molar-refractivity contribution in [2.75, 3.05) is 0 Å². The van der Waals surface area contributed by atoms with Gasteiger partial charge in [-0.05, 0) is 12.0 Å². The maximum Gasteiger partial charge on any atom is 0.271 e. The van der Waals surface area contributed by atoms with E-state index in [2.05, 4.69) is 6.92 Å². The zero-order valence-electron chi connectivity index (χ0n) is 10.9. The van der Waals surface area contributed by atoms with Gasteiger partial charge in [0.25, 0.3) is 10.1 Å². The Morgan fingerprint density at radius 2 is 1.67 bits per heavy atom. The summed E-state index contributed by atoms with van der Waals surface area (Å²) >= 11 is 0. The van der Waals surface area contributed by atoms with Gasteiger partial charge in [0.05, 0.1) is 0 Å². The molecule has 0 aliphatic rings. The second-order valence-electron chi connectivity index (χ2n) is 4.62. The van der Waals surface area contributed by atoms with Crippen LogP contribution in [-0.2, 0) is 10.1 Å². The third-order valence-electron chi connectivity index (χ3n) is 3.10. The zero-order chi connectivity index (χ0) is 13.4. The summed E-state index contributed by atoms with van der Waals surface area (Å²) in [6, 6.07) is 8.94. The van der Waals surface area contributed by atoms with Gasteiger partial charge in [0.1, 0.15) is 5.25 Å². The van der Waals surface area contributed by atoms with Crippen LogP contribution in [0.4, 0.5) is 0 Å². The van der Waals surface area contributed by atoms with E-state index in [0.29, 0.717) is 12.0 Å². The van der Waals surface area contributed by atoms with Gasteiger partial charge in [-0.15, -0.1) is 0 Å². The summed E-state index contributed by atoms with van der Waals surface area (Å²) in [4.78, 5) is 0. The minimum atomic E-state index is -4.01. The third-order valence-corrected chi connectivity index (χ3v) is 4.33. The monoisotopic (exact) mass is 270 g/mol. The van der Waals surface area contributed by atoms with Gasteiger partial charge in [0.15, 0.2) is 0 Å². The van der Waals surface area contributed by atoms with Crippen molar-refractivity contribution in [1.82, 2.24) is 0 Å². The molecule has 0 saturated carbocycles. The maximum absolute atomic E-state index is 11.4. The van der Waals surface area contributed by atoms with Gasteiger partial charge in [-0.1, -0.05) is 69.4 Å². The zero-order valence-corrected chi connectivity index (χ0v) is 11.7. The average Bonchev–Trinajstić information content (AvgIpc) is 2.33. The number of hydrogen-bond donors (Lipinski definition) is 1. The summed E-state index contributed by atoms with van der Waals surface area (Å²) in [6.07, 6.45) is 5.82. The van der Waals surface area contributed by atoms with Crippen LogP contribution in [0.1, 0.15) is 56.3 Å². The largest absolute Gasteiger partial charge is 0.285 e. The molecule has 0 fully saturated rings. The molecular weight excluding hydrogens is 248 g/mol. The lowest BCUT2D eigenvalue weighted by atomic mass is 10.0. The lowest BCUT2D eigenvalue weighted by molar-refractivity contribution is 0.459. The molecule has 0 bridgehead atoms. The molecule has 0 amide bonds. The highest BCUT2D eigenvalue weighted by Crippen LogP contribution is 2.27. The molecule has 1 unspecified atom stereocenters. The standard InChI is InChI=1S/C14H22O3S/c1-2-3-4-5-9-12-14(18(15,16)17)13-10-7-6-8-11-13/h6-8,10-11,14H,2-5,9,12H2,1H3,(H,15,16,17). The van der Waals surface area contributed by atoms with E-state index in [1.807, 2.05) is 6.07 Å². The fourth-order valence-electron chi connectivity index (χ4n) is 2.09. The molecule has 0 aromatic heterocycles. The normalized spacial score (nSPS) is 13.4. The Labute approximate surface area is 110 Å². The Hall–Kier alpha value is -0.870. The van der Waals surface area contributed by atoms with Crippen LogP contribution in [0.25, 0.3) is 0 Å². The Balaban J connectivity index is 2.59. The smallest absolute Gasteiger partial charge is 0.271 e. The lowest BCUT2D eigenvalue weighted by Gasteiger charge is -2.14. The Morgan fingerprint density at radius 3 is 2.22 bits per heavy atom. The van der Waals surface area contributed by atoms with Crippen LogP contribution in [0.5, 0.6) is 0 Å². The molecule has 4 heteroatoms. The van der Waals surface area contributed by atoms with Crippen LogP contribution in [0.15, 0.2) is 30.3 Å². The van der Waals surface area contributed by atoms with Crippen LogP contribution >= 0.6 is 0 Å². The van der Waals surface area contributed by atoms with Gasteiger partial charge in [0, 0.05) is 0 Å². The van der Waals surface area contributed by atoms with Gasteiger partial charge >= 0.3 is 0 Å². The van der Waals surface area contributed by atoms with Crippen LogP contribution in [-0.4, -0.2) is 13.0 Å². The topological polar surface area (TPSA) is 54.4 Å². The number of hydrogen-bond acceptors (Lipinski definition) is 2. The van der Waals surface area contributed by atoms with Crippen molar-refractivity contribution in [2.45, 2.75) is 50.7 Å². The van der Waals surface area contributed by atoms with E-state index in [4.69, 9.17) is 0 Å². The van der Waals surface area contributed by atoms with Crippen molar-refractivity contribution >= 4 is 10.1 Å². The second-order valence-corrected chi connectivity index (χ2v) is 6.22. The van der Waals surface area contributed by atoms with Crippen LogP contribution in [0.2, 0.25) is 0 Å². The summed E-state index contributed by atoms with van der Waals surface area (Å²) in [5.41, 5.74) is 0.676. The molecule has 0 radical (unpaired) electrons. The first-order chi connectivity index (χ1) is 8.55. The van der Waals surface area contributed by atoms with E-state index in [0.717, 1.165) is 19.3 Å². The molecule has 1 N–H and O–H groups in total.